The quantitative estimate of drug-likeness (QED) is 0.770. The van der Waals surface area contributed by atoms with Gasteiger partial charge in [0.1, 0.15) is 11.5 Å². The summed E-state index contributed by atoms with van der Waals surface area (Å²) in [5, 5.41) is 0. The first-order valence-electron chi connectivity index (χ1n) is 4.58. The van der Waals surface area contributed by atoms with Crippen LogP contribution in [-0.2, 0) is 17.6 Å². The van der Waals surface area contributed by atoms with Crippen molar-refractivity contribution >= 4 is 21.7 Å². The molecular weight excluding hydrogens is 244 g/mol. The number of halogens is 1. The summed E-state index contributed by atoms with van der Waals surface area (Å²) in [5.74, 6) is 1.21. The van der Waals surface area contributed by atoms with Gasteiger partial charge < -0.3 is 4.74 Å². The van der Waals surface area contributed by atoms with Crippen LogP contribution in [0.15, 0.2) is 16.6 Å². The van der Waals surface area contributed by atoms with Crippen molar-refractivity contribution in [2.45, 2.75) is 19.3 Å². The third kappa shape index (κ3) is 1.57. The molecule has 1 aromatic carbocycles. The van der Waals surface area contributed by atoms with E-state index in [0.29, 0.717) is 18.6 Å². The second kappa shape index (κ2) is 3.73. The number of fused-ring (bicyclic) bond motifs is 1. The minimum Gasteiger partial charge on any atom is -0.496 e. The zero-order chi connectivity index (χ0) is 10.1. The number of Topliss-reactive ketones (excluding diaryl/α,β-unsaturated/α-hetero) is 1. The van der Waals surface area contributed by atoms with Gasteiger partial charge in [-0.15, -0.1) is 0 Å². The van der Waals surface area contributed by atoms with Gasteiger partial charge in [0.2, 0.25) is 0 Å². The Kier molecular flexibility index (Phi) is 2.59. The summed E-state index contributed by atoms with van der Waals surface area (Å²) in [7, 11) is 1.67. The van der Waals surface area contributed by atoms with E-state index in [4.69, 9.17) is 4.74 Å². The normalized spacial score (nSPS) is 15.1. The second-order valence-corrected chi connectivity index (χ2v) is 4.28. The Morgan fingerprint density at radius 1 is 1.29 bits per heavy atom. The average Bonchev–Trinajstić information content (AvgIpc) is 2.19. The molecule has 2 rings (SSSR count). The maximum absolute atomic E-state index is 11.3. The standard InChI is InChI=1S/C11H11BrO2/c1-14-11-5-4-10(12)9-6-7(13)2-3-8(9)11/h4-5H,2-3,6H2,1H3. The summed E-state index contributed by atoms with van der Waals surface area (Å²) >= 11 is 3.47. The molecule has 0 unspecified atom stereocenters. The van der Waals surface area contributed by atoms with Crippen molar-refractivity contribution in [1.29, 1.82) is 0 Å². The predicted octanol–water partition coefficient (Wildman–Crippen LogP) is 2.52. The van der Waals surface area contributed by atoms with Crippen molar-refractivity contribution in [2.75, 3.05) is 7.11 Å². The third-order valence-corrected chi connectivity index (χ3v) is 3.32. The largest absolute Gasteiger partial charge is 0.496 e. The molecule has 0 aliphatic heterocycles. The number of carbonyl (C=O) groups excluding carboxylic acids is 1. The molecule has 0 saturated heterocycles. The maximum Gasteiger partial charge on any atom is 0.137 e. The van der Waals surface area contributed by atoms with E-state index in [2.05, 4.69) is 15.9 Å². The summed E-state index contributed by atoms with van der Waals surface area (Å²) in [6, 6.07) is 3.88. The van der Waals surface area contributed by atoms with Gasteiger partial charge in [-0.2, -0.15) is 0 Å². The van der Waals surface area contributed by atoms with Crippen molar-refractivity contribution in [3.05, 3.63) is 27.7 Å². The lowest BCUT2D eigenvalue weighted by Crippen LogP contribution is -2.14. The van der Waals surface area contributed by atoms with Crippen LogP contribution in [0, 0.1) is 0 Å². The highest BCUT2D eigenvalue weighted by atomic mass is 79.9. The summed E-state index contributed by atoms with van der Waals surface area (Å²) in [4.78, 5) is 11.3. The van der Waals surface area contributed by atoms with Crippen molar-refractivity contribution in [1.82, 2.24) is 0 Å². The van der Waals surface area contributed by atoms with Crippen LogP contribution in [0.1, 0.15) is 17.5 Å². The van der Waals surface area contributed by atoms with E-state index in [9.17, 15) is 4.79 Å². The van der Waals surface area contributed by atoms with Crippen LogP contribution in [0.3, 0.4) is 0 Å². The minimum absolute atomic E-state index is 0.312. The van der Waals surface area contributed by atoms with Crippen LogP contribution in [0.4, 0.5) is 0 Å². The van der Waals surface area contributed by atoms with E-state index >= 15 is 0 Å². The highest BCUT2D eigenvalue weighted by Crippen LogP contribution is 2.33. The number of hydrogen-bond acceptors (Lipinski definition) is 2. The van der Waals surface area contributed by atoms with Gasteiger partial charge >= 0.3 is 0 Å². The first-order valence-corrected chi connectivity index (χ1v) is 5.37. The van der Waals surface area contributed by atoms with E-state index in [1.54, 1.807) is 7.11 Å². The van der Waals surface area contributed by atoms with E-state index in [0.717, 1.165) is 22.2 Å². The van der Waals surface area contributed by atoms with Crippen molar-refractivity contribution in [3.8, 4) is 5.75 Å². The van der Waals surface area contributed by atoms with Crippen LogP contribution in [0.5, 0.6) is 5.75 Å². The van der Waals surface area contributed by atoms with Crippen LogP contribution < -0.4 is 4.74 Å². The third-order valence-electron chi connectivity index (χ3n) is 2.58. The lowest BCUT2D eigenvalue weighted by atomic mass is 9.90. The maximum atomic E-state index is 11.3. The second-order valence-electron chi connectivity index (χ2n) is 3.42. The monoisotopic (exact) mass is 254 g/mol. The SMILES string of the molecule is COc1ccc(Br)c2c1CCC(=O)C2. The Labute approximate surface area is 91.4 Å². The number of rotatable bonds is 1. The zero-order valence-corrected chi connectivity index (χ0v) is 9.56. The fraction of sp³-hybridized carbons (Fsp3) is 0.364. The Bertz CT molecular complexity index is 385. The first-order chi connectivity index (χ1) is 6.72. The van der Waals surface area contributed by atoms with E-state index in [-0.39, 0.29) is 0 Å². The topological polar surface area (TPSA) is 26.3 Å². The smallest absolute Gasteiger partial charge is 0.137 e. The van der Waals surface area contributed by atoms with Crippen molar-refractivity contribution in [2.24, 2.45) is 0 Å². The first kappa shape index (κ1) is 9.71. The molecule has 0 N–H and O–H groups in total. The number of hydrogen-bond donors (Lipinski definition) is 0. The van der Waals surface area contributed by atoms with Gasteiger partial charge in [0.25, 0.3) is 0 Å². The molecule has 3 heteroatoms. The molecule has 0 spiro atoms. The number of methoxy groups -OCH3 is 1. The Morgan fingerprint density at radius 2 is 2.07 bits per heavy atom. The predicted molar refractivity (Wildman–Crippen MR) is 57.7 cm³/mol. The summed E-state index contributed by atoms with van der Waals surface area (Å²) in [6.45, 7) is 0. The number of benzene rings is 1. The number of ketones is 1. The fourth-order valence-corrected chi connectivity index (χ4v) is 2.36. The molecule has 1 aromatic rings. The molecule has 74 valence electrons. The van der Waals surface area contributed by atoms with Gasteiger partial charge in [-0.3, -0.25) is 4.79 Å². The molecule has 14 heavy (non-hydrogen) atoms. The van der Waals surface area contributed by atoms with E-state index in [1.165, 1.54) is 5.56 Å². The van der Waals surface area contributed by atoms with Crippen LogP contribution in [-0.4, -0.2) is 12.9 Å². The molecule has 0 radical (unpaired) electrons. The van der Waals surface area contributed by atoms with Gasteiger partial charge in [-0.25, -0.2) is 0 Å². The lowest BCUT2D eigenvalue weighted by Gasteiger charge is -2.19. The molecule has 0 atom stereocenters. The summed E-state index contributed by atoms with van der Waals surface area (Å²) < 4.78 is 6.29. The molecule has 0 bridgehead atoms. The summed E-state index contributed by atoms with van der Waals surface area (Å²) in [6.07, 6.45) is 1.98. The van der Waals surface area contributed by atoms with Gasteiger partial charge in [-0.1, -0.05) is 15.9 Å². The zero-order valence-electron chi connectivity index (χ0n) is 7.97. The molecule has 0 saturated carbocycles. The fourth-order valence-electron chi connectivity index (χ4n) is 1.85. The summed E-state index contributed by atoms with van der Waals surface area (Å²) in [5.41, 5.74) is 2.28. The Morgan fingerprint density at radius 3 is 2.79 bits per heavy atom. The molecular formula is C11H11BrO2. The lowest BCUT2D eigenvalue weighted by molar-refractivity contribution is -0.118. The van der Waals surface area contributed by atoms with Gasteiger partial charge in [0.15, 0.2) is 0 Å². The Hall–Kier alpha value is -0.830. The van der Waals surface area contributed by atoms with Crippen molar-refractivity contribution < 1.29 is 9.53 Å². The van der Waals surface area contributed by atoms with E-state index in [1.807, 2.05) is 12.1 Å². The minimum atomic E-state index is 0.312. The molecule has 0 aromatic heterocycles. The van der Waals surface area contributed by atoms with Crippen molar-refractivity contribution in [3.63, 3.8) is 0 Å². The molecule has 2 nitrogen and oxygen atoms in total. The van der Waals surface area contributed by atoms with Crippen LogP contribution in [0.2, 0.25) is 0 Å². The Balaban J connectivity index is 2.54. The van der Waals surface area contributed by atoms with Gasteiger partial charge in [0.05, 0.1) is 7.11 Å². The molecule has 1 aliphatic rings. The van der Waals surface area contributed by atoms with E-state index < -0.39 is 0 Å². The average molecular weight is 255 g/mol. The molecule has 0 heterocycles. The highest BCUT2D eigenvalue weighted by molar-refractivity contribution is 9.10. The molecule has 0 fully saturated rings. The molecule has 1 aliphatic carbocycles. The highest BCUT2D eigenvalue weighted by Gasteiger charge is 2.20. The van der Waals surface area contributed by atoms with Gasteiger partial charge in [0, 0.05) is 17.3 Å². The molecule has 0 amide bonds. The van der Waals surface area contributed by atoms with Crippen LogP contribution >= 0.6 is 15.9 Å². The number of carbonyl (C=O) groups is 1. The van der Waals surface area contributed by atoms with Crippen LogP contribution in [0.25, 0.3) is 0 Å². The number of ether oxygens (including phenoxy) is 1. The van der Waals surface area contributed by atoms with Gasteiger partial charge in [-0.05, 0) is 29.7 Å².